The van der Waals surface area contributed by atoms with Gasteiger partial charge < -0.3 is 9.47 Å². The number of nitrogens with zero attached hydrogens (tertiary/aromatic N) is 1. The highest BCUT2D eigenvalue weighted by Crippen LogP contribution is 2.25. The summed E-state index contributed by atoms with van der Waals surface area (Å²) in [6, 6.07) is 7.43. The summed E-state index contributed by atoms with van der Waals surface area (Å²) in [7, 11) is 1.63. The van der Waals surface area contributed by atoms with E-state index in [0.29, 0.717) is 5.19 Å². The lowest BCUT2D eigenvalue weighted by molar-refractivity contribution is 0.409. The standard InChI is InChI=1S/C10H9NO2S/c1-12-8-3-2-4-9(7-8)13-10-11-5-6-14-10/h2-7H,1H3. The van der Waals surface area contributed by atoms with Crippen LogP contribution in [0.15, 0.2) is 35.8 Å². The lowest BCUT2D eigenvalue weighted by Crippen LogP contribution is -1.85. The third-order valence-corrected chi connectivity index (χ3v) is 2.30. The average molecular weight is 207 g/mol. The fraction of sp³-hybridized carbons (Fsp3) is 0.100. The monoisotopic (exact) mass is 207 g/mol. The topological polar surface area (TPSA) is 31.4 Å². The lowest BCUT2D eigenvalue weighted by Gasteiger charge is -2.03. The first-order valence-electron chi connectivity index (χ1n) is 4.10. The average Bonchev–Trinajstić information content (AvgIpc) is 2.71. The number of ether oxygens (including phenoxy) is 2. The predicted octanol–water partition coefficient (Wildman–Crippen LogP) is 2.94. The van der Waals surface area contributed by atoms with Crippen molar-refractivity contribution in [3.8, 4) is 16.7 Å². The Hall–Kier alpha value is -1.55. The molecule has 0 aliphatic heterocycles. The Labute approximate surface area is 85.9 Å². The van der Waals surface area contributed by atoms with Crippen molar-refractivity contribution in [2.45, 2.75) is 0 Å². The van der Waals surface area contributed by atoms with Crippen molar-refractivity contribution in [1.82, 2.24) is 4.98 Å². The van der Waals surface area contributed by atoms with E-state index in [-0.39, 0.29) is 0 Å². The smallest absolute Gasteiger partial charge is 0.278 e. The normalized spacial score (nSPS) is 9.79. The van der Waals surface area contributed by atoms with Gasteiger partial charge in [-0.15, -0.1) is 0 Å². The first-order valence-corrected chi connectivity index (χ1v) is 4.98. The first kappa shape index (κ1) is 9.02. The number of rotatable bonds is 3. The number of hydrogen-bond acceptors (Lipinski definition) is 4. The summed E-state index contributed by atoms with van der Waals surface area (Å²) in [6.45, 7) is 0. The van der Waals surface area contributed by atoms with Crippen LogP contribution in [0, 0.1) is 0 Å². The Morgan fingerprint density at radius 1 is 1.29 bits per heavy atom. The van der Waals surface area contributed by atoms with E-state index in [9.17, 15) is 0 Å². The molecule has 0 fully saturated rings. The molecular weight excluding hydrogens is 198 g/mol. The van der Waals surface area contributed by atoms with Gasteiger partial charge in [-0.05, 0) is 12.1 Å². The maximum atomic E-state index is 5.49. The molecule has 14 heavy (non-hydrogen) atoms. The van der Waals surface area contributed by atoms with Gasteiger partial charge in [-0.3, -0.25) is 0 Å². The molecule has 1 aromatic heterocycles. The largest absolute Gasteiger partial charge is 0.497 e. The molecule has 2 rings (SSSR count). The zero-order valence-electron chi connectivity index (χ0n) is 7.64. The van der Waals surface area contributed by atoms with Crippen molar-refractivity contribution in [3.05, 3.63) is 35.8 Å². The molecule has 0 aliphatic rings. The zero-order valence-corrected chi connectivity index (χ0v) is 8.45. The zero-order chi connectivity index (χ0) is 9.80. The summed E-state index contributed by atoms with van der Waals surface area (Å²) in [6.07, 6.45) is 1.71. The molecule has 1 aromatic carbocycles. The fourth-order valence-corrected chi connectivity index (χ4v) is 1.53. The van der Waals surface area contributed by atoms with Crippen molar-refractivity contribution in [2.24, 2.45) is 0 Å². The van der Waals surface area contributed by atoms with Crippen molar-refractivity contribution in [2.75, 3.05) is 7.11 Å². The van der Waals surface area contributed by atoms with E-state index >= 15 is 0 Å². The van der Waals surface area contributed by atoms with Crippen LogP contribution in [0.4, 0.5) is 0 Å². The summed E-state index contributed by atoms with van der Waals surface area (Å²) in [5.41, 5.74) is 0. The maximum absolute atomic E-state index is 5.49. The van der Waals surface area contributed by atoms with Gasteiger partial charge in [0.1, 0.15) is 11.5 Å². The Morgan fingerprint density at radius 3 is 2.86 bits per heavy atom. The molecule has 4 heteroatoms. The Morgan fingerprint density at radius 2 is 2.14 bits per heavy atom. The molecule has 0 radical (unpaired) electrons. The first-order chi connectivity index (χ1) is 6.88. The number of hydrogen-bond donors (Lipinski definition) is 0. The van der Waals surface area contributed by atoms with Gasteiger partial charge in [0.25, 0.3) is 5.19 Å². The molecule has 0 aliphatic carbocycles. The fourth-order valence-electron chi connectivity index (χ4n) is 1.03. The second-order valence-corrected chi connectivity index (χ2v) is 3.44. The number of methoxy groups -OCH3 is 1. The molecule has 2 aromatic rings. The molecule has 0 saturated carbocycles. The molecule has 0 amide bonds. The Balaban J connectivity index is 2.17. The molecule has 0 bridgehead atoms. The van der Waals surface area contributed by atoms with E-state index in [4.69, 9.17) is 9.47 Å². The molecule has 0 atom stereocenters. The Bertz CT molecular complexity index is 400. The minimum Gasteiger partial charge on any atom is -0.497 e. The highest BCUT2D eigenvalue weighted by molar-refractivity contribution is 7.11. The van der Waals surface area contributed by atoms with Gasteiger partial charge >= 0.3 is 0 Å². The molecule has 3 nitrogen and oxygen atoms in total. The number of benzene rings is 1. The van der Waals surface area contributed by atoms with Gasteiger partial charge in [-0.1, -0.05) is 17.4 Å². The number of aromatic nitrogens is 1. The summed E-state index contributed by atoms with van der Waals surface area (Å²) in [5, 5.41) is 2.51. The highest BCUT2D eigenvalue weighted by atomic mass is 32.1. The molecule has 0 N–H and O–H groups in total. The Kier molecular flexibility index (Phi) is 2.65. The van der Waals surface area contributed by atoms with Crippen LogP contribution in [-0.4, -0.2) is 12.1 Å². The molecule has 0 saturated heterocycles. The van der Waals surface area contributed by atoms with E-state index in [1.54, 1.807) is 13.3 Å². The minimum atomic E-state index is 0.637. The van der Waals surface area contributed by atoms with Crippen LogP contribution in [-0.2, 0) is 0 Å². The quantitative estimate of drug-likeness (QED) is 0.775. The summed E-state index contributed by atoms with van der Waals surface area (Å²) >= 11 is 1.46. The van der Waals surface area contributed by atoms with Crippen molar-refractivity contribution >= 4 is 11.3 Å². The van der Waals surface area contributed by atoms with Crippen LogP contribution in [0.1, 0.15) is 0 Å². The van der Waals surface area contributed by atoms with Gasteiger partial charge in [-0.2, -0.15) is 0 Å². The second-order valence-electron chi connectivity index (χ2n) is 2.58. The van der Waals surface area contributed by atoms with E-state index in [0.717, 1.165) is 11.5 Å². The van der Waals surface area contributed by atoms with E-state index in [1.807, 2.05) is 29.6 Å². The minimum absolute atomic E-state index is 0.637. The van der Waals surface area contributed by atoms with Gasteiger partial charge in [0.15, 0.2) is 0 Å². The van der Waals surface area contributed by atoms with E-state index in [2.05, 4.69) is 4.98 Å². The molecule has 0 unspecified atom stereocenters. The van der Waals surface area contributed by atoms with Crippen LogP contribution < -0.4 is 9.47 Å². The molecule has 1 heterocycles. The van der Waals surface area contributed by atoms with Gasteiger partial charge in [0.05, 0.1) is 7.11 Å². The predicted molar refractivity (Wildman–Crippen MR) is 55.2 cm³/mol. The summed E-state index contributed by atoms with van der Waals surface area (Å²) in [5.74, 6) is 1.51. The van der Waals surface area contributed by atoms with Gasteiger partial charge in [-0.25, -0.2) is 4.98 Å². The van der Waals surface area contributed by atoms with Crippen LogP contribution in [0.3, 0.4) is 0 Å². The maximum Gasteiger partial charge on any atom is 0.278 e. The van der Waals surface area contributed by atoms with Crippen molar-refractivity contribution < 1.29 is 9.47 Å². The third-order valence-electron chi connectivity index (χ3n) is 1.66. The highest BCUT2D eigenvalue weighted by Gasteiger charge is 2.00. The van der Waals surface area contributed by atoms with Gasteiger partial charge in [0, 0.05) is 17.6 Å². The van der Waals surface area contributed by atoms with Gasteiger partial charge in [0.2, 0.25) is 0 Å². The van der Waals surface area contributed by atoms with E-state index in [1.165, 1.54) is 11.3 Å². The van der Waals surface area contributed by atoms with Crippen LogP contribution in [0.5, 0.6) is 16.7 Å². The summed E-state index contributed by atoms with van der Waals surface area (Å²) in [4.78, 5) is 4.02. The molecule has 0 spiro atoms. The third kappa shape index (κ3) is 2.03. The van der Waals surface area contributed by atoms with E-state index < -0.39 is 0 Å². The van der Waals surface area contributed by atoms with Crippen molar-refractivity contribution in [3.63, 3.8) is 0 Å². The number of thiazole rings is 1. The van der Waals surface area contributed by atoms with Crippen LogP contribution >= 0.6 is 11.3 Å². The SMILES string of the molecule is COc1cccc(Oc2nccs2)c1. The van der Waals surface area contributed by atoms with Crippen LogP contribution in [0.2, 0.25) is 0 Å². The summed E-state index contributed by atoms with van der Waals surface area (Å²) < 4.78 is 10.6. The molecule has 72 valence electrons. The van der Waals surface area contributed by atoms with Crippen LogP contribution in [0.25, 0.3) is 0 Å². The molecular formula is C10H9NO2S. The second kappa shape index (κ2) is 4.11. The lowest BCUT2D eigenvalue weighted by atomic mass is 10.3. The van der Waals surface area contributed by atoms with Crippen molar-refractivity contribution in [1.29, 1.82) is 0 Å².